The van der Waals surface area contributed by atoms with E-state index in [2.05, 4.69) is 42.8 Å². The van der Waals surface area contributed by atoms with Gasteiger partial charge in [0.25, 0.3) is 0 Å². The molecule has 2 heterocycles. The van der Waals surface area contributed by atoms with E-state index < -0.39 is 0 Å². The van der Waals surface area contributed by atoms with Crippen molar-refractivity contribution < 1.29 is 4.74 Å². The number of aromatic nitrogens is 2. The number of para-hydroxylation sites is 2. The second-order valence-electron chi connectivity index (χ2n) is 6.52. The smallest absolute Gasteiger partial charge is 0.121 e. The molecule has 0 amide bonds. The molecule has 0 spiro atoms. The SMILES string of the molecule is CCN(Cc1nc2ccccc2[nH]1)C1CCOC(C)(C)C1. The number of imidazole rings is 1. The molecule has 2 aromatic rings. The average Bonchev–Trinajstić information content (AvgIpc) is 2.86. The van der Waals surface area contributed by atoms with Gasteiger partial charge in [-0.2, -0.15) is 0 Å². The van der Waals surface area contributed by atoms with Gasteiger partial charge >= 0.3 is 0 Å². The van der Waals surface area contributed by atoms with Crippen molar-refractivity contribution in [2.45, 2.75) is 51.8 Å². The first-order valence-electron chi connectivity index (χ1n) is 7.89. The van der Waals surface area contributed by atoms with Crippen molar-refractivity contribution in [1.29, 1.82) is 0 Å². The molecule has 114 valence electrons. The van der Waals surface area contributed by atoms with Crippen LogP contribution in [0.4, 0.5) is 0 Å². The number of aromatic amines is 1. The minimum Gasteiger partial charge on any atom is -0.375 e. The maximum Gasteiger partial charge on any atom is 0.121 e. The Kier molecular flexibility index (Phi) is 4.00. The first-order chi connectivity index (χ1) is 10.1. The van der Waals surface area contributed by atoms with Gasteiger partial charge in [0.05, 0.1) is 23.2 Å². The fraction of sp³-hybridized carbons (Fsp3) is 0.588. The number of hydrogen-bond acceptors (Lipinski definition) is 3. The molecule has 0 aliphatic carbocycles. The number of benzene rings is 1. The molecule has 1 atom stereocenters. The van der Waals surface area contributed by atoms with Gasteiger partial charge in [0.2, 0.25) is 0 Å². The number of fused-ring (bicyclic) bond motifs is 1. The predicted octanol–water partition coefficient (Wildman–Crippen LogP) is 3.34. The van der Waals surface area contributed by atoms with Gasteiger partial charge in [-0.3, -0.25) is 4.90 Å². The number of nitrogens with zero attached hydrogens (tertiary/aromatic N) is 2. The largest absolute Gasteiger partial charge is 0.375 e. The molecule has 1 unspecified atom stereocenters. The standard InChI is InChI=1S/C17H25N3O/c1-4-20(13-9-10-21-17(2,3)11-13)12-16-18-14-7-5-6-8-15(14)19-16/h5-8,13H,4,9-12H2,1-3H3,(H,18,19). The summed E-state index contributed by atoms with van der Waals surface area (Å²) in [7, 11) is 0. The summed E-state index contributed by atoms with van der Waals surface area (Å²) in [5, 5.41) is 0. The molecule has 1 aliphatic rings. The summed E-state index contributed by atoms with van der Waals surface area (Å²) in [6.07, 6.45) is 2.19. The van der Waals surface area contributed by atoms with E-state index in [1.54, 1.807) is 0 Å². The normalized spacial score (nSPS) is 22.0. The van der Waals surface area contributed by atoms with Crippen LogP contribution in [-0.2, 0) is 11.3 Å². The maximum atomic E-state index is 5.84. The van der Waals surface area contributed by atoms with E-state index in [-0.39, 0.29) is 5.60 Å². The minimum absolute atomic E-state index is 0.00971. The van der Waals surface area contributed by atoms with Crippen LogP contribution in [0, 0.1) is 0 Å². The van der Waals surface area contributed by atoms with Crippen molar-refractivity contribution in [1.82, 2.24) is 14.9 Å². The van der Waals surface area contributed by atoms with Gasteiger partial charge < -0.3 is 9.72 Å². The maximum absolute atomic E-state index is 5.84. The van der Waals surface area contributed by atoms with Gasteiger partial charge in [-0.15, -0.1) is 0 Å². The summed E-state index contributed by atoms with van der Waals surface area (Å²) in [5.74, 6) is 1.06. The van der Waals surface area contributed by atoms with E-state index in [4.69, 9.17) is 9.72 Å². The second kappa shape index (κ2) is 5.78. The summed E-state index contributed by atoms with van der Waals surface area (Å²) >= 11 is 0. The zero-order chi connectivity index (χ0) is 14.9. The van der Waals surface area contributed by atoms with Crippen molar-refractivity contribution >= 4 is 11.0 Å². The highest BCUT2D eigenvalue weighted by Gasteiger charge is 2.32. The molecule has 1 saturated heterocycles. The number of H-pyrrole nitrogens is 1. The Balaban J connectivity index is 1.74. The topological polar surface area (TPSA) is 41.2 Å². The number of ether oxygens (including phenoxy) is 1. The van der Waals surface area contributed by atoms with Crippen molar-refractivity contribution in [3.63, 3.8) is 0 Å². The number of hydrogen-bond donors (Lipinski definition) is 1. The lowest BCUT2D eigenvalue weighted by Crippen LogP contribution is -2.45. The molecule has 0 radical (unpaired) electrons. The van der Waals surface area contributed by atoms with Crippen molar-refractivity contribution in [2.24, 2.45) is 0 Å². The lowest BCUT2D eigenvalue weighted by molar-refractivity contribution is -0.0841. The van der Waals surface area contributed by atoms with Crippen LogP contribution >= 0.6 is 0 Å². The predicted molar refractivity (Wildman–Crippen MR) is 85.2 cm³/mol. The van der Waals surface area contributed by atoms with Crippen LogP contribution in [0.5, 0.6) is 0 Å². The average molecular weight is 287 g/mol. The summed E-state index contributed by atoms with van der Waals surface area (Å²) < 4.78 is 5.84. The molecule has 0 saturated carbocycles. The number of rotatable bonds is 4. The van der Waals surface area contributed by atoms with E-state index in [9.17, 15) is 0 Å². The molecule has 4 heteroatoms. The number of nitrogens with one attached hydrogen (secondary N) is 1. The Morgan fingerprint density at radius 2 is 2.19 bits per heavy atom. The van der Waals surface area contributed by atoms with E-state index >= 15 is 0 Å². The second-order valence-corrected chi connectivity index (χ2v) is 6.52. The van der Waals surface area contributed by atoms with Crippen LogP contribution in [-0.4, -0.2) is 39.7 Å². The van der Waals surface area contributed by atoms with Gasteiger partial charge in [0.1, 0.15) is 5.82 Å². The van der Waals surface area contributed by atoms with Crippen molar-refractivity contribution in [2.75, 3.05) is 13.2 Å². The van der Waals surface area contributed by atoms with Gasteiger partial charge in [-0.25, -0.2) is 4.98 Å². The summed E-state index contributed by atoms with van der Waals surface area (Å²) in [6.45, 7) is 9.38. The fourth-order valence-electron chi connectivity index (χ4n) is 3.28. The Morgan fingerprint density at radius 1 is 1.38 bits per heavy atom. The third kappa shape index (κ3) is 3.27. The molecule has 1 aromatic heterocycles. The lowest BCUT2D eigenvalue weighted by atomic mass is 9.93. The first kappa shape index (κ1) is 14.5. The van der Waals surface area contributed by atoms with E-state index in [1.165, 1.54) is 0 Å². The summed E-state index contributed by atoms with van der Waals surface area (Å²) in [6, 6.07) is 8.80. The quantitative estimate of drug-likeness (QED) is 0.937. The first-order valence-corrected chi connectivity index (χ1v) is 7.89. The molecule has 1 fully saturated rings. The van der Waals surface area contributed by atoms with Crippen LogP contribution in [0.3, 0.4) is 0 Å². The lowest BCUT2D eigenvalue weighted by Gasteiger charge is -2.40. The van der Waals surface area contributed by atoms with Crippen LogP contribution in [0.1, 0.15) is 39.4 Å². The molecule has 1 N–H and O–H groups in total. The molecule has 0 bridgehead atoms. The van der Waals surface area contributed by atoms with Crippen LogP contribution in [0.25, 0.3) is 11.0 Å². The molecule has 1 aromatic carbocycles. The van der Waals surface area contributed by atoms with Crippen LogP contribution in [0.2, 0.25) is 0 Å². The van der Waals surface area contributed by atoms with E-state index in [1.807, 2.05) is 12.1 Å². The van der Waals surface area contributed by atoms with E-state index in [0.29, 0.717) is 6.04 Å². The Labute approximate surface area is 126 Å². The fourth-order valence-corrected chi connectivity index (χ4v) is 3.28. The van der Waals surface area contributed by atoms with Crippen LogP contribution in [0.15, 0.2) is 24.3 Å². The Hall–Kier alpha value is -1.39. The van der Waals surface area contributed by atoms with Gasteiger partial charge in [-0.1, -0.05) is 19.1 Å². The Morgan fingerprint density at radius 3 is 2.90 bits per heavy atom. The summed E-state index contributed by atoms with van der Waals surface area (Å²) in [4.78, 5) is 10.7. The van der Waals surface area contributed by atoms with Gasteiger partial charge in [0, 0.05) is 12.6 Å². The highest BCUT2D eigenvalue weighted by molar-refractivity contribution is 5.74. The molecular formula is C17H25N3O. The van der Waals surface area contributed by atoms with Crippen molar-refractivity contribution in [3.8, 4) is 0 Å². The van der Waals surface area contributed by atoms with Crippen molar-refractivity contribution in [3.05, 3.63) is 30.1 Å². The van der Waals surface area contributed by atoms with Gasteiger partial charge in [0.15, 0.2) is 0 Å². The third-order valence-electron chi connectivity index (χ3n) is 4.38. The molecule has 1 aliphatic heterocycles. The minimum atomic E-state index is -0.00971. The van der Waals surface area contributed by atoms with Crippen LogP contribution < -0.4 is 0 Å². The van der Waals surface area contributed by atoms with Gasteiger partial charge in [-0.05, 0) is 45.4 Å². The zero-order valence-corrected chi connectivity index (χ0v) is 13.2. The molecule has 21 heavy (non-hydrogen) atoms. The molecule has 3 rings (SSSR count). The monoisotopic (exact) mass is 287 g/mol. The zero-order valence-electron chi connectivity index (χ0n) is 13.2. The summed E-state index contributed by atoms with van der Waals surface area (Å²) in [5.41, 5.74) is 2.16. The Bertz CT molecular complexity index is 572. The van der Waals surface area contributed by atoms with E-state index in [0.717, 1.165) is 49.4 Å². The highest BCUT2D eigenvalue weighted by atomic mass is 16.5. The molecular weight excluding hydrogens is 262 g/mol. The third-order valence-corrected chi connectivity index (χ3v) is 4.38. The highest BCUT2D eigenvalue weighted by Crippen LogP contribution is 2.28. The molecule has 4 nitrogen and oxygen atoms in total.